The number of hydrogen-bond donors (Lipinski definition) is 2. The first kappa shape index (κ1) is 24.6. The normalized spacial score (nSPS) is 14.7. The first-order valence-corrected chi connectivity index (χ1v) is 11.6. The average Bonchev–Trinajstić information content (AvgIpc) is 3.29. The van der Waals surface area contributed by atoms with Crippen LogP contribution in [0.2, 0.25) is 0 Å². The number of phenolic OH excluding ortho intramolecular Hbond substituents is 2. The van der Waals surface area contributed by atoms with Gasteiger partial charge in [-0.1, -0.05) is 48.5 Å². The lowest BCUT2D eigenvalue weighted by molar-refractivity contribution is 0.175. The first-order chi connectivity index (χ1) is 16.6. The summed E-state index contributed by atoms with van der Waals surface area (Å²) in [5.41, 5.74) is 4.60. The second kappa shape index (κ2) is 10.8. The van der Waals surface area contributed by atoms with E-state index in [0.717, 1.165) is 43.6 Å². The second-order valence-electron chi connectivity index (χ2n) is 8.90. The molecule has 2 heterocycles. The molecule has 0 radical (unpaired) electrons. The molecule has 4 aromatic rings. The van der Waals surface area contributed by atoms with Crippen molar-refractivity contribution in [3.8, 4) is 11.5 Å². The Bertz CT molecular complexity index is 1240. The Morgan fingerprint density at radius 1 is 0.857 bits per heavy atom. The molecular weight excluding hydrogens is 464 g/mol. The van der Waals surface area contributed by atoms with Gasteiger partial charge in [-0.2, -0.15) is 0 Å². The minimum atomic E-state index is -0.283. The van der Waals surface area contributed by atoms with Gasteiger partial charge < -0.3 is 14.6 Å². The first-order valence-electron chi connectivity index (χ1n) is 11.6. The van der Waals surface area contributed by atoms with Crippen LogP contribution in [0.15, 0.2) is 94.5 Å². The summed E-state index contributed by atoms with van der Waals surface area (Å²) >= 11 is 0. The highest BCUT2D eigenvalue weighted by molar-refractivity contribution is 5.85. The Balaban J connectivity index is 0.00000289. The van der Waals surface area contributed by atoms with Crippen LogP contribution in [0.1, 0.15) is 47.1 Å². The molecule has 1 saturated heterocycles. The van der Waals surface area contributed by atoms with Crippen molar-refractivity contribution in [2.24, 2.45) is 0 Å². The molecule has 182 valence electrons. The molecule has 35 heavy (non-hydrogen) atoms. The highest BCUT2D eigenvalue weighted by atomic mass is 35.5. The van der Waals surface area contributed by atoms with E-state index >= 15 is 0 Å². The molecule has 7 heteroatoms. The number of piperidine rings is 1. The van der Waals surface area contributed by atoms with E-state index in [1.807, 2.05) is 24.3 Å². The highest BCUT2D eigenvalue weighted by Crippen LogP contribution is 2.36. The van der Waals surface area contributed by atoms with Gasteiger partial charge in [0.15, 0.2) is 0 Å². The van der Waals surface area contributed by atoms with Crippen LogP contribution in [-0.2, 0) is 6.54 Å². The third kappa shape index (κ3) is 5.45. The number of likely N-dealkylation sites (tertiary alicyclic amines) is 1. The van der Waals surface area contributed by atoms with Crippen LogP contribution in [0.4, 0.5) is 0 Å². The van der Waals surface area contributed by atoms with Crippen LogP contribution in [0.3, 0.4) is 0 Å². The van der Waals surface area contributed by atoms with Crippen molar-refractivity contribution in [3.63, 3.8) is 0 Å². The van der Waals surface area contributed by atoms with Gasteiger partial charge in [-0.15, -0.1) is 12.4 Å². The van der Waals surface area contributed by atoms with Gasteiger partial charge in [0.1, 0.15) is 17.8 Å². The van der Waals surface area contributed by atoms with Crippen LogP contribution in [0, 0.1) is 0 Å². The Kier molecular flexibility index (Phi) is 7.63. The van der Waals surface area contributed by atoms with Crippen molar-refractivity contribution in [2.45, 2.75) is 31.3 Å². The minimum Gasteiger partial charge on any atom is -0.508 e. The highest BCUT2D eigenvalue weighted by Gasteiger charge is 2.25. The Hall–Kier alpha value is -3.48. The maximum atomic E-state index is 11.9. The van der Waals surface area contributed by atoms with Gasteiger partial charge in [0.25, 0.3) is 0 Å². The number of aromatic hydroxyl groups is 2. The Labute approximate surface area is 210 Å². The average molecular weight is 493 g/mol. The fourth-order valence-corrected chi connectivity index (χ4v) is 4.99. The molecule has 0 spiro atoms. The van der Waals surface area contributed by atoms with Crippen LogP contribution in [0.5, 0.6) is 11.5 Å². The Morgan fingerprint density at radius 2 is 1.43 bits per heavy atom. The molecule has 0 unspecified atom stereocenters. The molecule has 2 N–H and O–H groups in total. The fourth-order valence-electron chi connectivity index (χ4n) is 4.99. The molecular formula is C28H29ClN2O4. The smallest absolute Gasteiger partial charge is 0.419 e. The SMILES string of the molecule is Cl.O=c1occn1C1CCN(Cc2ccccc2C(c2ccc(O)cc2)c2ccc(O)cc2)CC1. The van der Waals surface area contributed by atoms with Crippen molar-refractivity contribution < 1.29 is 14.6 Å². The van der Waals surface area contributed by atoms with Crippen molar-refractivity contribution >= 4 is 12.4 Å². The molecule has 0 amide bonds. The summed E-state index contributed by atoms with van der Waals surface area (Å²) in [6, 6.07) is 23.3. The number of hydrogen-bond acceptors (Lipinski definition) is 5. The summed E-state index contributed by atoms with van der Waals surface area (Å²) < 4.78 is 6.65. The lowest BCUT2D eigenvalue weighted by Gasteiger charge is -2.33. The third-order valence-corrected chi connectivity index (χ3v) is 6.76. The summed E-state index contributed by atoms with van der Waals surface area (Å²) in [7, 11) is 0. The van der Waals surface area contributed by atoms with Gasteiger partial charge in [0, 0.05) is 37.8 Å². The van der Waals surface area contributed by atoms with Crippen molar-refractivity contribution in [3.05, 3.63) is 118 Å². The van der Waals surface area contributed by atoms with Gasteiger partial charge in [-0.25, -0.2) is 4.79 Å². The fraction of sp³-hybridized carbons (Fsp3) is 0.250. The lowest BCUT2D eigenvalue weighted by atomic mass is 9.82. The van der Waals surface area contributed by atoms with Gasteiger partial charge in [-0.05, 0) is 59.4 Å². The maximum Gasteiger partial charge on any atom is 0.419 e. The molecule has 3 aromatic carbocycles. The zero-order chi connectivity index (χ0) is 23.5. The zero-order valence-corrected chi connectivity index (χ0v) is 20.1. The molecule has 0 atom stereocenters. The topological polar surface area (TPSA) is 78.8 Å². The van der Waals surface area contributed by atoms with E-state index in [4.69, 9.17) is 4.42 Å². The van der Waals surface area contributed by atoms with E-state index < -0.39 is 0 Å². The van der Waals surface area contributed by atoms with Crippen molar-refractivity contribution in [1.29, 1.82) is 0 Å². The largest absolute Gasteiger partial charge is 0.508 e. The number of nitrogens with zero attached hydrogens (tertiary/aromatic N) is 2. The van der Waals surface area contributed by atoms with E-state index in [1.54, 1.807) is 35.0 Å². The predicted octanol–water partition coefficient (Wildman–Crippen LogP) is 5.29. The lowest BCUT2D eigenvalue weighted by Crippen LogP contribution is -2.36. The second-order valence-corrected chi connectivity index (χ2v) is 8.90. The van der Waals surface area contributed by atoms with Gasteiger partial charge in [0.2, 0.25) is 0 Å². The van der Waals surface area contributed by atoms with Crippen LogP contribution in [-0.4, -0.2) is 32.8 Å². The molecule has 5 rings (SSSR count). The summed E-state index contributed by atoms with van der Waals surface area (Å²) in [5, 5.41) is 19.7. The van der Waals surface area contributed by atoms with E-state index in [1.165, 1.54) is 17.4 Å². The number of aromatic nitrogens is 1. The van der Waals surface area contributed by atoms with Crippen LogP contribution >= 0.6 is 12.4 Å². The number of rotatable bonds is 6. The minimum absolute atomic E-state index is 0. The van der Waals surface area contributed by atoms with E-state index in [2.05, 4.69) is 29.2 Å². The number of benzene rings is 3. The molecule has 1 aliphatic rings. The standard InChI is InChI=1S/C28H28N2O4.ClH/c31-24-9-5-20(6-10-24)27(21-7-11-25(32)12-8-21)26-4-2-1-3-22(26)19-29-15-13-23(14-16-29)30-17-18-34-28(30)33;/h1-12,17-18,23,27,31-32H,13-16,19H2;1H. The van der Waals surface area contributed by atoms with Crippen molar-refractivity contribution in [2.75, 3.05) is 13.1 Å². The number of phenols is 2. The predicted molar refractivity (Wildman–Crippen MR) is 137 cm³/mol. The van der Waals surface area contributed by atoms with E-state index in [9.17, 15) is 15.0 Å². The molecule has 0 saturated carbocycles. The molecule has 0 bridgehead atoms. The monoisotopic (exact) mass is 492 g/mol. The Morgan fingerprint density at radius 3 is 1.97 bits per heavy atom. The molecule has 1 aliphatic heterocycles. The quantitative estimate of drug-likeness (QED) is 0.357. The third-order valence-electron chi connectivity index (χ3n) is 6.76. The van der Waals surface area contributed by atoms with Gasteiger partial charge >= 0.3 is 5.76 Å². The summed E-state index contributed by atoms with van der Waals surface area (Å²) in [4.78, 5) is 14.3. The van der Waals surface area contributed by atoms with Gasteiger partial charge in [-0.3, -0.25) is 9.47 Å². The number of halogens is 1. The van der Waals surface area contributed by atoms with Crippen LogP contribution < -0.4 is 5.76 Å². The summed E-state index contributed by atoms with van der Waals surface area (Å²) in [5.74, 6) is 0.163. The van der Waals surface area contributed by atoms with E-state index in [0.29, 0.717) is 0 Å². The molecule has 6 nitrogen and oxygen atoms in total. The molecule has 0 aliphatic carbocycles. The zero-order valence-electron chi connectivity index (χ0n) is 19.3. The van der Waals surface area contributed by atoms with Crippen molar-refractivity contribution in [1.82, 2.24) is 9.47 Å². The number of oxazole rings is 1. The molecule has 1 fully saturated rings. The summed E-state index contributed by atoms with van der Waals surface area (Å²) in [6.45, 7) is 2.62. The maximum absolute atomic E-state index is 11.9. The van der Waals surface area contributed by atoms with Crippen LogP contribution in [0.25, 0.3) is 0 Å². The summed E-state index contributed by atoms with van der Waals surface area (Å²) in [6.07, 6.45) is 5.00. The molecule has 1 aromatic heterocycles. The van der Waals surface area contributed by atoms with Gasteiger partial charge in [0.05, 0.1) is 0 Å². The van der Waals surface area contributed by atoms with E-state index in [-0.39, 0.29) is 41.6 Å².